The van der Waals surface area contributed by atoms with Crippen LogP contribution in [0.4, 0.5) is 0 Å². The lowest BCUT2D eigenvalue weighted by Crippen LogP contribution is -2.19. The third-order valence-electron chi connectivity index (χ3n) is 2.88. The number of unbranched alkanes of at least 4 members (excludes halogenated alkanes) is 1. The molecule has 18 heavy (non-hydrogen) atoms. The molecule has 0 saturated heterocycles. The molecule has 1 aromatic rings. The summed E-state index contributed by atoms with van der Waals surface area (Å²) in [7, 11) is 5.41. The zero-order valence-electron chi connectivity index (χ0n) is 11.5. The highest BCUT2D eigenvalue weighted by molar-refractivity contribution is 5.40. The summed E-state index contributed by atoms with van der Waals surface area (Å²) in [6, 6.07) is 5.82. The SMILES string of the molecule is COc1ccc(OC)c(CN(C)CCCCO)c1. The van der Waals surface area contributed by atoms with Gasteiger partial charge < -0.3 is 19.5 Å². The molecule has 0 amide bonds. The number of hydrogen-bond donors (Lipinski definition) is 1. The van der Waals surface area contributed by atoms with Crippen LogP contribution < -0.4 is 9.47 Å². The van der Waals surface area contributed by atoms with Gasteiger partial charge in [-0.3, -0.25) is 0 Å². The summed E-state index contributed by atoms with van der Waals surface area (Å²) in [5.74, 6) is 1.72. The van der Waals surface area contributed by atoms with Gasteiger partial charge in [0, 0.05) is 18.7 Å². The number of methoxy groups -OCH3 is 2. The zero-order chi connectivity index (χ0) is 13.4. The van der Waals surface area contributed by atoms with Crippen molar-refractivity contribution < 1.29 is 14.6 Å². The predicted molar refractivity (Wildman–Crippen MR) is 72.2 cm³/mol. The third-order valence-corrected chi connectivity index (χ3v) is 2.88. The average Bonchev–Trinajstić information content (AvgIpc) is 2.39. The first-order chi connectivity index (χ1) is 8.71. The second-order valence-electron chi connectivity index (χ2n) is 4.35. The van der Waals surface area contributed by atoms with Crippen LogP contribution in [-0.4, -0.2) is 44.4 Å². The monoisotopic (exact) mass is 253 g/mol. The first-order valence-electron chi connectivity index (χ1n) is 6.21. The second kappa shape index (κ2) is 7.95. The summed E-state index contributed by atoms with van der Waals surface area (Å²) in [4.78, 5) is 2.22. The third kappa shape index (κ3) is 4.55. The van der Waals surface area contributed by atoms with E-state index < -0.39 is 0 Å². The van der Waals surface area contributed by atoms with E-state index in [9.17, 15) is 0 Å². The molecule has 0 unspecified atom stereocenters. The van der Waals surface area contributed by atoms with Crippen molar-refractivity contribution in [3.8, 4) is 11.5 Å². The molecule has 1 N–H and O–H groups in total. The summed E-state index contributed by atoms with van der Waals surface area (Å²) in [6.07, 6.45) is 1.85. The largest absolute Gasteiger partial charge is 0.497 e. The molecule has 0 bridgehead atoms. The molecule has 1 aromatic carbocycles. The number of nitrogens with zero attached hydrogens (tertiary/aromatic N) is 1. The molecule has 0 aliphatic carbocycles. The summed E-state index contributed by atoms with van der Waals surface area (Å²) in [6.45, 7) is 2.03. The van der Waals surface area contributed by atoms with Crippen LogP contribution in [0.5, 0.6) is 11.5 Å². The fourth-order valence-electron chi connectivity index (χ4n) is 1.87. The Labute approximate surface area is 109 Å². The van der Waals surface area contributed by atoms with Gasteiger partial charge >= 0.3 is 0 Å². The van der Waals surface area contributed by atoms with Gasteiger partial charge in [-0.2, -0.15) is 0 Å². The van der Waals surface area contributed by atoms with Crippen LogP contribution >= 0.6 is 0 Å². The number of rotatable bonds is 8. The predicted octanol–water partition coefficient (Wildman–Crippen LogP) is 1.91. The van der Waals surface area contributed by atoms with Gasteiger partial charge in [0.1, 0.15) is 11.5 Å². The Morgan fingerprint density at radius 2 is 1.94 bits per heavy atom. The molecule has 0 radical (unpaired) electrons. The van der Waals surface area contributed by atoms with Crippen LogP contribution in [0.3, 0.4) is 0 Å². The number of benzene rings is 1. The summed E-state index contributed by atoms with van der Waals surface area (Å²) in [5.41, 5.74) is 1.11. The van der Waals surface area contributed by atoms with E-state index in [-0.39, 0.29) is 6.61 Å². The number of aliphatic hydroxyl groups excluding tert-OH is 1. The van der Waals surface area contributed by atoms with Crippen LogP contribution in [-0.2, 0) is 6.54 Å². The van der Waals surface area contributed by atoms with Crippen molar-refractivity contribution in [2.45, 2.75) is 19.4 Å². The normalized spacial score (nSPS) is 10.7. The fraction of sp³-hybridized carbons (Fsp3) is 0.571. The van der Waals surface area contributed by atoms with Crippen LogP contribution in [0.1, 0.15) is 18.4 Å². The molecule has 0 fully saturated rings. The maximum absolute atomic E-state index is 8.76. The minimum Gasteiger partial charge on any atom is -0.497 e. The molecule has 0 heterocycles. The van der Waals surface area contributed by atoms with Gasteiger partial charge in [0.25, 0.3) is 0 Å². The molecular formula is C14H23NO3. The number of ether oxygens (including phenoxy) is 2. The molecule has 0 saturated carbocycles. The van der Waals surface area contributed by atoms with Crippen molar-refractivity contribution in [1.82, 2.24) is 4.90 Å². The van der Waals surface area contributed by atoms with Gasteiger partial charge in [-0.15, -0.1) is 0 Å². The molecule has 0 spiro atoms. The van der Waals surface area contributed by atoms with Crippen LogP contribution in [0.2, 0.25) is 0 Å². The topological polar surface area (TPSA) is 41.9 Å². The van der Waals surface area contributed by atoms with Gasteiger partial charge in [-0.05, 0) is 44.6 Å². The molecule has 4 nitrogen and oxygen atoms in total. The quantitative estimate of drug-likeness (QED) is 0.719. The Kier molecular flexibility index (Phi) is 6.54. The van der Waals surface area contributed by atoms with Gasteiger partial charge in [0.15, 0.2) is 0 Å². The van der Waals surface area contributed by atoms with Crippen LogP contribution in [0.25, 0.3) is 0 Å². The molecule has 4 heteroatoms. The summed E-state index contributed by atoms with van der Waals surface area (Å²) < 4.78 is 10.6. The highest BCUT2D eigenvalue weighted by Crippen LogP contribution is 2.24. The highest BCUT2D eigenvalue weighted by atomic mass is 16.5. The van der Waals surface area contributed by atoms with Crippen LogP contribution in [0.15, 0.2) is 18.2 Å². The average molecular weight is 253 g/mol. The minimum absolute atomic E-state index is 0.260. The molecule has 0 aliphatic heterocycles. The molecule has 0 aromatic heterocycles. The lowest BCUT2D eigenvalue weighted by molar-refractivity contribution is 0.259. The standard InChI is InChI=1S/C14H23NO3/c1-15(8-4-5-9-16)11-12-10-13(17-2)6-7-14(12)18-3/h6-7,10,16H,4-5,8-9,11H2,1-3H3. The van der Waals surface area contributed by atoms with Crippen LogP contribution in [0, 0.1) is 0 Å². The van der Waals surface area contributed by atoms with Crippen molar-refractivity contribution in [3.05, 3.63) is 23.8 Å². The van der Waals surface area contributed by atoms with Gasteiger partial charge in [-0.1, -0.05) is 0 Å². The lowest BCUT2D eigenvalue weighted by Gasteiger charge is -2.18. The van der Waals surface area contributed by atoms with E-state index in [0.29, 0.717) is 0 Å². The molecule has 0 atom stereocenters. The zero-order valence-corrected chi connectivity index (χ0v) is 11.5. The number of hydrogen-bond acceptors (Lipinski definition) is 4. The maximum atomic E-state index is 8.76. The van der Waals surface area contributed by atoms with Gasteiger partial charge in [0.05, 0.1) is 14.2 Å². The van der Waals surface area contributed by atoms with Gasteiger partial charge in [0.2, 0.25) is 0 Å². The Bertz CT molecular complexity index is 355. The lowest BCUT2D eigenvalue weighted by atomic mass is 10.1. The highest BCUT2D eigenvalue weighted by Gasteiger charge is 2.07. The fourth-order valence-corrected chi connectivity index (χ4v) is 1.87. The summed E-state index contributed by atoms with van der Waals surface area (Å²) >= 11 is 0. The van der Waals surface area contributed by atoms with E-state index in [1.165, 1.54) is 0 Å². The Balaban J connectivity index is 2.63. The molecule has 0 aliphatic rings. The first kappa shape index (κ1) is 14.8. The van der Waals surface area contributed by atoms with Crippen molar-refractivity contribution in [2.24, 2.45) is 0 Å². The van der Waals surface area contributed by atoms with Crippen molar-refractivity contribution in [1.29, 1.82) is 0 Å². The molecule has 1 rings (SSSR count). The molecular weight excluding hydrogens is 230 g/mol. The van der Waals surface area contributed by atoms with E-state index in [4.69, 9.17) is 14.6 Å². The van der Waals surface area contributed by atoms with Crippen molar-refractivity contribution in [2.75, 3.05) is 34.4 Å². The van der Waals surface area contributed by atoms with E-state index in [0.717, 1.165) is 43.0 Å². The Morgan fingerprint density at radius 3 is 2.56 bits per heavy atom. The Morgan fingerprint density at radius 1 is 1.17 bits per heavy atom. The Hall–Kier alpha value is -1.26. The van der Waals surface area contributed by atoms with E-state index in [2.05, 4.69) is 11.9 Å². The smallest absolute Gasteiger partial charge is 0.123 e. The van der Waals surface area contributed by atoms with Gasteiger partial charge in [-0.25, -0.2) is 0 Å². The van der Waals surface area contributed by atoms with Crippen molar-refractivity contribution >= 4 is 0 Å². The summed E-state index contributed by atoms with van der Waals surface area (Å²) in [5, 5.41) is 8.76. The van der Waals surface area contributed by atoms with E-state index in [1.54, 1.807) is 14.2 Å². The first-order valence-corrected chi connectivity index (χ1v) is 6.21. The van der Waals surface area contributed by atoms with Crippen molar-refractivity contribution in [3.63, 3.8) is 0 Å². The van der Waals surface area contributed by atoms with E-state index >= 15 is 0 Å². The second-order valence-corrected chi connectivity index (χ2v) is 4.35. The molecule has 102 valence electrons. The van der Waals surface area contributed by atoms with E-state index in [1.807, 2.05) is 18.2 Å². The maximum Gasteiger partial charge on any atom is 0.123 e. The number of aliphatic hydroxyl groups is 1. The minimum atomic E-state index is 0.260.